The van der Waals surface area contributed by atoms with Crippen LogP contribution in [0.15, 0.2) is 75.6 Å². The number of hydrogen-bond donors (Lipinski definition) is 2. The SMILES string of the molecule is CSc1cc(C)nc(SC)c1NC(=O)Nc1cnc2ccc(SC(F)F)cc2c1-c1ccccc1. The van der Waals surface area contributed by atoms with Gasteiger partial charge in [-0.15, -0.1) is 23.5 Å². The van der Waals surface area contributed by atoms with Gasteiger partial charge in [-0.05, 0) is 49.3 Å². The van der Waals surface area contributed by atoms with Crippen molar-refractivity contribution in [2.75, 3.05) is 23.1 Å². The molecule has 0 unspecified atom stereocenters. The number of carbonyl (C=O) groups is 1. The van der Waals surface area contributed by atoms with Gasteiger partial charge in [0.15, 0.2) is 0 Å². The van der Waals surface area contributed by atoms with Gasteiger partial charge in [0.2, 0.25) is 0 Å². The molecule has 0 bridgehead atoms. The number of amides is 2. The molecule has 35 heavy (non-hydrogen) atoms. The fraction of sp³-hybridized carbons (Fsp3) is 0.160. The van der Waals surface area contributed by atoms with Crippen LogP contribution in [0, 0.1) is 6.92 Å². The molecule has 10 heteroatoms. The van der Waals surface area contributed by atoms with Crippen molar-refractivity contribution in [3.8, 4) is 11.1 Å². The summed E-state index contributed by atoms with van der Waals surface area (Å²) in [6.07, 6.45) is 5.44. The van der Waals surface area contributed by atoms with E-state index in [1.165, 1.54) is 23.5 Å². The number of nitrogens with zero attached hydrogens (tertiary/aromatic N) is 2. The van der Waals surface area contributed by atoms with E-state index < -0.39 is 11.8 Å². The highest BCUT2D eigenvalue weighted by atomic mass is 32.2. The molecule has 0 atom stereocenters. The summed E-state index contributed by atoms with van der Waals surface area (Å²) in [5.41, 5.74) is 4.16. The fourth-order valence-electron chi connectivity index (χ4n) is 3.66. The molecule has 5 nitrogen and oxygen atoms in total. The van der Waals surface area contributed by atoms with Crippen molar-refractivity contribution < 1.29 is 13.6 Å². The molecule has 2 aromatic heterocycles. The van der Waals surface area contributed by atoms with E-state index >= 15 is 0 Å². The molecule has 2 heterocycles. The lowest BCUT2D eigenvalue weighted by Crippen LogP contribution is -2.21. The highest BCUT2D eigenvalue weighted by molar-refractivity contribution is 7.99. The smallest absolute Gasteiger partial charge is 0.306 e. The molecule has 0 aliphatic rings. The van der Waals surface area contributed by atoms with E-state index in [0.717, 1.165) is 21.2 Å². The maximum Gasteiger partial charge on any atom is 0.323 e. The van der Waals surface area contributed by atoms with Crippen LogP contribution < -0.4 is 10.6 Å². The zero-order valence-corrected chi connectivity index (χ0v) is 21.6. The number of aromatic nitrogens is 2. The Labute approximate surface area is 214 Å². The molecule has 2 N–H and O–H groups in total. The molecular weight excluding hydrogens is 506 g/mol. The minimum atomic E-state index is -2.54. The van der Waals surface area contributed by atoms with E-state index in [4.69, 9.17) is 0 Å². The second-order valence-corrected chi connectivity index (χ2v) is 10.1. The Bertz CT molecular complexity index is 1340. The van der Waals surface area contributed by atoms with Crippen molar-refractivity contribution in [2.45, 2.75) is 27.5 Å². The molecule has 0 aliphatic heterocycles. The molecule has 4 rings (SSSR count). The molecular formula is C25H22F2N4OS3. The van der Waals surface area contributed by atoms with Gasteiger partial charge in [-0.1, -0.05) is 42.1 Å². The monoisotopic (exact) mass is 528 g/mol. The maximum absolute atomic E-state index is 13.1. The highest BCUT2D eigenvalue weighted by Crippen LogP contribution is 2.38. The summed E-state index contributed by atoms with van der Waals surface area (Å²) in [4.78, 5) is 23.5. The number of fused-ring (bicyclic) bond motifs is 1. The van der Waals surface area contributed by atoms with E-state index in [2.05, 4.69) is 20.6 Å². The van der Waals surface area contributed by atoms with Gasteiger partial charge in [-0.2, -0.15) is 8.78 Å². The predicted octanol–water partition coefficient (Wildman–Crippen LogP) is 8.01. The normalized spacial score (nSPS) is 11.1. The lowest BCUT2D eigenvalue weighted by Gasteiger charge is -2.17. The number of benzene rings is 2. The minimum absolute atomic E-state index is 0.424. The van der Waals surface area contributed by atoms with Crippen molar-refractivity contribution in [3.63, 3.8) is 0 Å². The van der Waals surface area contributed by atoms with Gasteiger partial charge in [-0.25, -0.2) is 9.78 Å². The number of pyridine rings is 2. The lowest BCUT2D eigenvalue weighted by molar-refractivity contribution is 0.252. The fourth-order valence-corrected chi connectivity index (χ4v) is 5.51. The average molecular weight is 529 g/mol. The number of carbonyl (C=O) groups excluding carboxylic acids is 1. The third kappa shape index (κ3) is 5.88. The van der Waals surface area contributed by atoms with Crippen molar-refractivity contribution in [2.24, 2.45) is 0 Å². The number of aryl methyl sites for hydroxylation is 1. The number of halogens is 2. The standard InChI is InChI=1S/C25H22F2N4OS3/c1-14-11-20(33-2)22(23(29-14)34-3)31-25(32)30-19-13-28-18-10-9-16(35-24(26)27)12-17(18)21(19)15-7-5-4-6-8-15/h4-13,24H,1-3H3,(H2,30,31,32). The van der Waals surface area contributed by atoms with Crippen LogP contribution in [0.4, 0.5) is 25.0 Å². The van der Waals surface area contributed by atoms with Crippen LogP contribution in [-0.4, -0.2) is 34.3 Å². The van der Waals surface area contributed by atoms with Crippen LogP contribution in [0.5, 0.6) is 0 Å². The molecule has 180 valence electrons. The van der Waals surface area contributed by atoms with Crippen LogP contribution in [0.3, 0.4) is 0 Å². The van der Waals surface area contributed by atoms with Gasteiger partial charge >= 0.3 is 6.03 Å². The van der Waals surface area contributed by atoms with Gasteiger partial charge in [-0.3, -0.25) is 4.98 Å². The van der Waals surface area contributed by atoms with Crippen LogP contribution >= 0.6 is 35.3 Å². The Hall–Kier alpha value is -2.82. The van der Waals surface area contributed by atoms with Crippen molar-refractivity contribution >= 4 is 63.6 Å². The molecule has 4 aromatic rings. The number of thioether (sulfide) groups is 3. The number of anilines is 2. The van der Waals surface area contributed by atoms with Gasteiger partial charge in [0.1, 0.15) is 5.03 Å². The van der Waals surface area contributed by atoms with E-state index in [-0.39, 0.29) is 0 Å². The molecule has 0 fully saturated rings. The van der Waals surface area contributed by atoms with E-state index in [9.17, 15) is 13.6 Å². The third-order valence-electron chi connectivity index (χ3n) is 5.11. The first kappa shape index (κ1) is 25.3. The van der Waals surface area contributed by atoms with Gasteiger partial charge in [0.05, 0.1) is 23.1 Å². The summed E-state index contributed by atoms with van der Waals surface area (Å²) in [6, 6.07) is 16.0. The second-order valence-electron chi connectivity index (χ2n) is 7.40. The molecule has 0 aliphatic carbocycles. The summed E-state index contributed by atoms with van der Waals surface area (Å²) in [6.45, 7) is 1.91. The van der Waals surface area contributed by atoms with Crippen LogP contribution in [0.25, 0.3) is 22.0 Å². The molecule has 0 saturated carbocycles. The average Bonchev–Trinajstić information content (AvgIpc) is 2.84. The number of alkyl halides is 2. The van der Waals surface area contributed by atoms with E-state index in [1.807, 2.05) is 55.8 Å². The predicted molar refractivity (Wildman–Crippen MR) is 144 cm³/mol. The first-order valence-corrected chi connectivity index (χ1v) is 13.8. The molecule has 0 spiro atoms. The van der Waals surface area contributed by atoms with E-state index in [1.54, 1.807) is 24.4 Å². The highest BCUT2D eigenvalue weighted by Gasteiger charge is 2.18. The topological polar surface area (TPSA) is 66.9 Å². The third-order valence-corrected chi connectivity index (χ3v) is 7.25. The lowest BCUT2D eigenvalue weighted by atomic mass is 9.99. The first-order chi connectivity index (χ1) is 16.9. The number of rotatable bonds is 7. The van der Waals surface area contributed by atoms with Gasteiger partial charge in [0, 0.05) is 26.4 Å². The van der Waals surface area contributed by atoms with Crippen molar-refractivity contribution in [1.29, 1.82) is 0 Å². The van der Waals surface area contributed by atoms with Gasteiger partial charge in [0.25, 0.3) is 5.76 Å². The largest absolute Gasteiger partial charge is 0.323 e. The van der Waals surface area contributed by atoms with Gasteiger partial charge < -0.3 is 10.6 Å². The second kappa shape index (κ2) is 11.3. The summed E-state index contributed by atoms with van der Waals surface area (Å²) < 4.78 is 26.0. The Morgan fingerprint density at radius 2 is 1.77 bits per heavy atom. The van der Waals surface area contributed by atoms with Crippen molar-refractivity contribution in [3.05, 3.63) is 66.5 Å². The quantitative estimate of drug-likeness (QED) is 0.237. The summed E-state index contributed by atoms with van der Waals surface area (Å²) in [5, 5.41) is 7.24. The summed E-state index contributed by atoms with van der Waals surface area (Å²) in [5.74, 6) is -2.54. The first-order valence-electron chi connectivity index (χ1n) is 10.5. The number of nitrogens with one attached hydrogen (secondary N) is 2. The van der Waals surface area contributed by atoms with Crippen LogP contribution in [-0.2, 0) is 0 Å². The van der Waals surface area contributed by atoms with Crippen LogP contribution in [0.1, 0.15) is 5.69 Å². The maximum atomic E-state index is 13.1. The van der Waals surface area contributed by atoms with Crippen LogP contribution in [0.2, 0.25) is 0 Å². The Balaban J connectivity index is 1.76. The molecule has 2 aromatic carbocycles. The molecule has 2 amide bonds. The zero-order valence-electron chi connectivity index (χ0n) is 19.1. The zero-order chi connectivity index (χ0) is 24.9. The molecule has 0 saturated heterocycles. The molecule has 0 radical (unpaired) electrons. The Morgan fingerprint density at radius 1 is 1.00 bits per heavy atom. The number of hydrogen-bond acceptors (Lipinski definition) is 6. The minimum Gasteiger partial charge on any atom is -0.306 e. The summed E-state index contributed by atoms with van der Waals surface area (Å²) in [7, 11) is 0. The summed E-state index contributed by atoms with van der Waals surface area (Å²) >= 11 is 3.45. The number of urea groups is 1. The Kier molecular flexibility index (Phi) is 8.15. The van der Waals surface area contributed by atoms with Crippen molar-refractivity contribution in [1.82, 2.24) is 9.97 Å². The van der Waals surface area contributed by atoms with E-state index in [0.29, 0.717) is 44.5 Å². The Morgan fingerprint density at radius 3 is 2.46 bits per heavy atom.